The highest BCUT2D eigenvalue weighted by molar-refractivity contribution is 7.89. The number of aromatic amines is 1. The predicted molar refractivity (Wildman–Crippen MR) is 134 cm³/mol. The van der Waals surface area contributed by atoms with Crippen LogP contribution in [0.4, 0.5) is 5.82 Å². The molecule has 3 aromatic rings. The fourth-order valence-corrected chi connectivity index (χ4v) is 4.55. The van der Waals surface area contributed by atoms with Crippen LogP contribution in [0.2, 0.25) is 0 Å². The van der Waals surface area contributed by atoms with Crippen LogP contribution in [-0.4, -0.2) is 54.2 Å². The molecule has 0 atom stereocenters. The molecule has 0 radical (unpaired) electrons. The molecule has 36 heavy (non-hydrogen) atoms. The molecule has 0 aliphatic heterocycles. The van der Waals surface area contributed by atoms with Gasteiger partial charge in [0.1, 0.15) is 5.52 Å². The van der Waals surface area contributed by atoms with Crippen LogP contribution in [-0.2, 0) is 32.5 Å². The van der Waals surface area contributed by atoms with Crippen molar-refractivity contribution in [1.82, 2.24) is 24.2 Å². The van der Waals surface area contributed by atoms with Crippen LogP contribution in [0.15, 0.2) is 34.0 Å². The van der Waals surface area contributed by atoms with E-state index < -0.39 is 10.0 Å². The fraction of sp³-hybridized carbons (Fsp3) is 0.478. The smallest absolute Gasteiger partial charge is 0.327 e. The van der Waals surface area contributed by atoms with Crippen LogP contribution >= 0.6 is 0 Å². The summed E-state index contributed by atoms with van der Waals surface area (Å²) in [6.07, 6.45) is 3.52. The lowest BCUT2D eigenvalue weighted by Crippen LogP contribution is -2.25. The molecule has 13 heteroatoms. The van der Waals surface area contributed by atoms with Crippen LogP contribution in [0.25, 0.3) is 11.2 Å². The van der Waals surface area contributed by atoms with Crippen molar-refractivity contribution in [3.63, 3.8) is 0 Å². The summed E-state index contributed by atoms with van der Waals surface area (Å²) in [5, 5.41) is 0. The van der Waals surface area contributed by atoms with E-state index in [4.69, 9.17) is 10.5 Å². The molecule has 1 aromatic carbocycles. The number of benzene rings is 1. The zero-order chi connectivity index (χ0) is 26.1. The van der Waals surface area contributed by atoms with Gasteiger partial charge in [-0.25, -0.2) is 17.9 Å². The summed E-state index contributed by atoms with van der Waals surface area (Å²) >= 11 is 0. The number of rotatable bonds is 14. The molecule has 0 saturated heterocycles. The van der Waals surface area contributed by atoms with Gasteiger partial charge in [0.2, 0.25) is 10.0 Å². The van der Waals surface area contributed by atoms with E-state index in [0.717, 1.165) is 18.4 Å². The second-order valence-electron chi connectivity index (χ2n) is 8.20. The van der Waals surface area contributed by atoms with E-state index in [-0.39, 0.29) is 41.3 Å². The number of imidazole rings is 1. The second kappa shape index (κ2) is 12.5. The molecule has 0 amide bonds. The first-order valence-corrected chi connectivity index (χ1v) is 13.3. The summed E-state index contributed by atoms with van der Waals surface area (Å²) in [4.78, 5) is 34.9. The van der Waals surface area contributed by atoms with E-state index >= 15 is 0 Å². The molecule has 0 saturated carbocycles. The average molecular weight is 521 g/mol. The number of nitrogen functional groups attached to an aromatic ring is 1. The van der Waals surface area contributed by atoms with Crippen LogP contribution in [0.1, 0.15) is 44.6 Å². The number of methoxy groups -OCH3 is 1. The Labute approximate surface area is 209 Å². The molecular formula is C23H32N6O6S. The number of H-pyrrole nitrogens is 1. The van der Waals surface area contributed by atoms with Gasteiger partial charge in [-0.15, -0.1) is 0 Å². The summed E-state index contributed by atoms with van der Waals surface area (Å²) in [5.41, 5.74) is 7.13. The molecule has 2 aromatic heterocycles. The number of sulfonamides is 1. The third-order valence-electron chi connectivity index (χ3n) is 5.54. The van der Waals surface area contributed by atoms with Crippen LogP contribution in [0, 0.1) is 0 Å². The number of esters is 1. The minimum absolute atomic E-state index is 0.116. The number of unbranched alkanes of at least 4 members (excludes halogenated alkanes) is 2. The largest absolute Gasteiger partial charge is 0.469 e. The van der Waals surface area contributed by atoms with Crippen LogP contribution in [0.3, 0.4) is 0 Å². The maximum absolute atomic E-state index is 12.6. The van der Waals surface area contributed by atoms with Crippen molar-refractivity contribution in [2.24, 2.45) is 0 Å². The number of anilines is 1. The van der Waals surface area contributed by atoms with Gasteiger partial charge in [-0.1, -0.05) is 25.5 Å². The van der Waals surface area contributed by atoms with Gasteiger partial charge >= 0.3 is 17.7 Å². The van der Waals surface area contributed by atoms with Crippen molar-refractivity contribution < 1.29 is 22.7 Å². The Kier molecular flexibility index (Phi) is 9.42. The van der Waals surface area contributed by atoms with Gasteiger partial charge in [0.25, 0.3) is 0 Å². The van der Waals surface area contributed by atoms with Crippen LogP contribution in [0.5, 0.6) is 6.01 Å². The number of nitrogens with one attached hydrogen (secondary N) is 2. The third kappa shape index (κ3) is 7.04. The Bertz CT molecular complexity index is 1330. The number of hydrogen-bond acceptors (Lipinski definition) is 9. The van der Waals surface area contributed by atoms with Crippen molar-refractivity contribution in [2.45, 2.75) is 56.9 Å². The fourth-order valence-electron chi connectivity index (χ4n) is 3.48. The summed E-state index contributed by atoms with van der Waals surface area (Å²) in [7, 11) is -2.36. The molecule has 0 aliphatic rings. The van der Waals surface area contributed by atoms with E-state index in [2.05, 4.69) is 24.4 Å². The molecule has 3 rings (SSSR count). The highest BCUT2D eigenvalue weighted by atomic mass is 32.2. The molecule has 0 bridgehead atoms. The maximum Gasteiger partial charge on any atom is 0.327 e. The lowest BCUT2D eigenvalue weighted by atomic mass is 10.1. The van der Waals surface area contributed by atoms with E-state index in [1.165, 1.54) is 23.8 Å². The zero-order valence-electron chi connectivity index (χ0n) is 20.5. The Morgan fingerprint density at radius 2 is 1.92 bits per heavy atom. The number of ether oxygens (including phenoxy) is 2. The first-order chi connectivity index (χ1) is 17.2. The molecule has 12 nitrogen and oxygen atoms in total. The first-order valence-electron chi connectivity index (χ1n) is 11.8. The van der Waals surface area contributed by atoms with Crippen molar-refractivity contribution in [2.75, 3.05) is 26.0 Å². The van der Waals surface area contributed by atoms with Gasteiger partial charge in [-0.2, -0.15) is 9.97 Å². The summed E-state index contributed by atoms with van der Waals surface area (Å²) in [5.74, 6) is -0.189. The molecule has 196 valence electrons. The van der Waals surface area contributed by atoms with Gasteiger partial charge in [0.15, 0.2) is 11.5 Å². The minimum Gasteiger partial charge on any atom is -0.469 e. The van der Waals surface area contributed by atoms with Gasteiger partial charge in [-0.3, -0.25) is 9.36 Å². The van der Waals surface area contributed by atoms with Crippen molar-refractivity contribution in [1.29, 1.82) is 0 Å². The molecule has 4 N–H and O–H groups in total. The lowest BCUT2D eigenvalue weighted by Gasteiger charge is -2.09. The predicted octanol–water partition coefficient (Wildman–Crippen LogP) is 1.75. The lowest BCUT2D eigenvalue weighted by molar-refractivity contribution is -0.140. The van der Waals surface area contributed by atoms with Gasteiger partial charge in [0, 0.05) is 19.5 Å². The first kappa shape index (κ1) is 27.1. The number of aryl methyl sites for hydroxylation is 2. The SMILES string of the molecule is CCCCOc1nc(N)c2[nH]c(=O)n(CCCCNS(=O)(=O)c3ccc(CCC(=O)OC)cc3)c2n1. The Hall–Kier alpha value is -3.45. The normalized spacial score (nSPS) is 11.6. The van der Waals surface area contributed by atoms with E-state index in [1.807, 2.05) is 6.92 Å². The number of nitrogens with two attached hydrogens (primary N) is 1. The van der Waals surface area contributed by atoms with Crippen molar-refractivity contribution in [3.05, 3.63) is 40.3 Å². The topological polar surface area (TPSA) is 171 Å². The van der Waals surface area contributed by atoms with E-state index in [9.17, 15) is 18.0 Å². The Morgan fingerprint density at radius 3 is 2.61 bits per heavy atom. The molecule has 2 heterocycles. The van der Waals surface area contributed by atoms with Crippen LogP contribution < -0.4 is 20.9 Å². The molecule has 0 fully saturated rings. The number of aromatic nitrogens is 4. The third-order valence-corrected chi connectivity index (χ3v) is 7.02. The Balaban J connectivity index is 1.54. The average Bonchev–Trinajstić information content (AvgIpc) is 3.18. The van der Waals surface area contributed by atoms with Crippen molar-refractivity contribution >= 4 is 33.0 Å². The minimum atomic E-state index is -3.68. The number of carbonyl (C=O) groups excluding carboxylic acids is 1. The molecule has 0 spiro atoms. The molecule has 0 aliphatic carbocycles. The number of carbonyl (C=O) groups is 1. The highest BCUT2D eigenvalue weighted by Gasteiger charge is 2.16. The zero-order valence-corrected chi connectivity index (χ0v) is 21.3. The van der Waals surface area contributed by atoms with E-state index in [1.54, 1.807) is 12.1 Å². The molecular weight excluding hydrogens is 488 g/mol. The second-order valence-corrected chi connectivity index (χ2v) is 9.97. The maximum atomic E-state index is 12.6. The molecule has 0 unspecified atom stereocenters. The van der Waals surface area contributed by atoms with Gasteiger partial charge < -0.3 is 20.2 Å². The number of nitrogens with zero attached hydrogens (tertiary/aromatic N) is 3. The quantitative estimate of drug-likeness (QED) is 0.211. The number of fused-ring (bicyclic) bond motifs is 1. The summed E-state index contributed by atoms with van der Waals surface area (Å²) in [6.45, 7) is 3.01. The van der Waals surface area contributed by atoms with E-state index in [0.29, 0.717) is 43.6 Å². The summed E-state index contributed by atoms with van der Waals surface area (Å²) in [6, 6.07) is 6.48. The van der Waals surface area contributed by atoms with Gasteiger partial charge in [0.05, 0.1) is 18.6 Å². The van der Waals surface area contributed by atoms with Gasteiger partial charge in [-0.05, 0) is 43.4 Å². The highest BCUT2D eigenvalue weighted by Crippen LogP contribution is 2.18. The standard InChI is InChI=1S/C23H32N6O6S/c1-3-4-15-35-22-27-20(24)19-21(28-22)29(23(31)26-19)14-6-5-13-25-36(32,33)17-10-7-16(8-11-17)9-12-18(30)34-2/h7-8,10-11,25H,3-6,9,12-15H2,1-2H3,(H,26,31)(H2,24,27,28). The monoisotopic (exact) mass is 520 g/mol. The summed E-state index contributed by atoms with van der Waals surface area (Å²) < 4.78 is 39.3. The van der Waals surface area contributed by atoms with Crippen molar-refractivity contribution in [3.8, 4) is 6.01 Å². The number of hydrogen-bond donors (Lipinski definition) is 3. The Morgan fingerprint density at radius 1 is 1.17 bits per heavy atom.